The van der Waals surface area contributed by atoms with Gasteiger partial charge in [0.25, 0.3) is 0 Å². The Bertz CT molecular complexity index is 209. The molecular weight excluding hydrogens is 254 g/mol. The molecule has 0 saturated carbocycles. The normalized spacial score (nSPS) is 19.6. The zero-order valence-corrected chi connectivity index (χ0v) is 12.0. The van der Waals surface area contributed by atoms with Crippen LogP contribution in [0.3, 0.4) is 0 Å². The highest BCUT2D eigenvalue weighted by Crippen LogP contribution is 2.39. The lowest BCUT2D eigenvalue weighted by Gasteiger charge is -2.07. The van der Waals surface area contributed by atoms with Gasteiger partial charge in [0, 0.05) is 17.4 Å². The van der Waals surface area contributed by atoms with Crippen molar-refractivity contribution in [1.82, 2.24) is 5.32 Å². The number of hydrogen-bond donors (Lipinski definition) is 2. The van der Waals surface area contributed by atoms with Gasteiger partial charge in [0.05, 0.1) is 0 Å². The van der Waals surface area contributed by atoms with Crippen molar-refractivity contribution in [3.8, 4) is 0 Å². The molecule has 1 aliphatic heterocycles. The minimum atomic E-state index is -0.696. The van der Waals surface area contributed by atoms with Crippen molar-refractivity contribution in [2.45, 2.75) is 50.2 Å². The van der Waals surface area contributed by atoms with E-state index in [1.165, 1.54) is 37.9 Å². The van der Waals surface area contributed by atoms with Gasteiger partial charge in [-0.15, -0.1) is 0 Å². The first-order chi connectivity index (χ1) is 8.29. The van der Waals surface area contributed by atoms with Crippen LogP contribution in [-0.4, -0.2) is 35.2 Å². The summed E-state index contributed by atoms with van der Waals surface area (Å²) >= 11 is 0. The molecule has 17 heavy (non-hydrogen) atoms. The Hall–Kier alpha value is 0.130. The summed E-state index contributed by atoms with van der Waals surface area (Å²) in [5.74, 6) is 0.638. The predicted octanol–water partition coefficient (Wildman–Crippen LogP) is 3.15. The Balaban J connectivity index is 1.73. The van der Waals surface area contributed by atoms with E-state index in [1.807, 2.05) is 10.8 Å². The maximum absolute atomic E-state index is 10.3. The monoisotopic (exact) mass is 277 g/mol. The molecule has 100 valence electrons. The number of aliphatic carboxylic acids is 1. The van der Waals surface area contributed by atoms with E-state index in [-0.39, 0.29) is 6.42 Å². The first kappa shape index (κ1) is 15.2. The maximum atomic E-state index is 10.3. The van der Waals surface area contributed by atoms with Crippen LogP contribution in [0.15, 0.2) is 0 Å². The molecule has 0 radical (unpaired) electrons. The lowest BCUT2D eigenvalue weighted by atomic mass is 10.1. The lowest BCUT2D eigenvalue weighted by Crippen LogP contribution is -2.17. The van der Waals surface area contributed by atoms with Gasteiger partial charge in [-0.25, -0.2) is 0 Å². The largest absolute Gasteiger partial charge is 0.481 e. The Morgan fingerprint density at radius 1 is 1.24 bits per heavy atom. The minimum Gasteiger partial charge on any atom is -0.481 e. The third-order valence-corrected chi connectivity index (χ3v) is 5.86. The molecule has 0 aromatic carbocycles. The van der Waals surface area contributed by atoms with E-state index in [0.717, 1.165) is 24.8 Å². The average Bonchev–Trinajstić information content (AvgIpc) is 2.79. The number of hydrogen-bond acceptors (Lipinski definition) is 4. The van der Waals surface area contributed by atoms with Crippen LogP contribution < -0.4 is 5.32 Å². The summed E-state index contributed by atoms with van der Waals surface area (Å²) in [7, 11) is 4.08. The molecule has 3 nitrogen and oxygen atoms in total. The Kier molecular flexibility index (Phi) is 9.01. The molecule has 1 aliphatic rings. The molecule has 0 aromatic heterocycles. The molecule has 0 aliphatic carbocycles. The SMILES string of the molecule is O=C(O)CCCNCCCCCC1CCSS1. The van der Waals surface area contributed by atoms with Crippen molar-refractivity contribution >= 4 is 27.6 Å². The van der Waals surface area contributed by atoms with E-state index in [4.69, 9.17) is 5.11 Å². The quantitative estimate of drug-likeness (QED) is 0.474. The maximum Gasteiger partial charge on any atom is 0.303 e. The molecule has 1 heterocycles. The fraction of sp³-hybridized carbons (Fsp3) is 0.917. The number of carboxylic acid groups (broad SMARTS) is 1. The number of nitrogens with one attached hydrogen (secondary N) is 1. The standard InChI is InChI=1S/C12H23NO2S2/c14-12(15)6-4-9-13-8-3-1-2-5-11-7-10-16-17-11/h11,13H,1-10H2,(H,14,15). The van der Waals surface area contributed by atoms with Gasteiger partial charge in [-0.2, -0.15) is 0 Å². The van der Waals surface area contributed by atoms with Crippen LogP contribution in [0.4, 0.5) is 0 Å². The summed E-state index contributed by atoms with van der Waals surface area (Å²) in [6, 6.07) is 0. The third kappa shape index (κ3) is 8.80. The second-order valence-corrected chi connectivity index (χ2v) is 7.21. The molecule has 5 heteroatoms. The van der Waals surface area contributed by atoms with E-state index in [9.17, 15) is 4.79 Å². The Morgan fingerprint density at radius 2 is 2.06 bits per heavy atom. The number of unbranched alkanes of at least 4 members (excludes halogenated alkanes) is 2. The molecule has 1 fully saturated rings. The van der Waals surface area contributed by atoms with Crippen molar-refractivity contribution < 1.29 is 9.90 Å². The van der Waals surface area contributed by atoms with Gasteiger partial charge in [0.15, 0.2) is 0 Å². The topological polar surface area (TPSA) is 49.3 Å². The van der Waals surface area contributed by atoms with Crippen molar-refractivity contribution in [3.63, 3.8) is 0 Å². The fourth-order valence-electron chi connectivity index (χ4n) is 1.85. The number of rotatable bonds is 10. The van der Waals surface area contributed by atoms with Crippen LogP contribution in [0.25, 0.3) is 0 Å². The summed E-state index contributed by atoms with van der Waals surface area (Å²) < 4.78 is 0. The molecular formula is C12H23NO2S2. The van der Waals surface area contributed by atoms with Gasteiger partial charge in [-0.05, 0) is 38.8 Å². The van der Waals surface area contributed by atoms with Crippen LogP contribution in [0, 0.1) is 0 Å². The molecule has 0 amide bonds. The van der Waals surface area contributed by atoms with Crippen molar-refractivity contribution in [3.05, 3.63) is 0 Å². The lowest BCUT2D eigenvalue weighted by molar-refractivity contribution is -0.137. The second kappa shape index (κ2) is 10.1. The zero-order chi connectivity index (χ0) is 12.3. The van der Waals surface area contributed by atoms with Crippen molar-refractivity contribution in [2.75, 3.05) is 18.8 Å². The molecule has 0 spiro atoms. The fourth-order valence-corrected chi connectivity index (χ4v) is 4.88. The Morgan fingerprint density at radius 3 is 2.76 bits per heavy atom. The Labute approximate surface area is 112 Å². The van der Waals surface area contributed by atoms with E-state index < -0.39 is 5.97 Å². The highest BCUT2D eigenvalue weighted by molar-refractivity contribution is 8.77. The smallest absolute Gasteiger partial charge is 0.303 e. The summed E-state index contributed by atoms with van der Waals surface area (Å²) in [5.41, 5.74) is 0. The third-order valence-electron chi connectivity index (χ3n) is 2.85. The first-order valence-electron chi connectivity index (χ1n) is 6.50. The van der Waals surface area contributed by atoms with Crippen LogP contribution in [0.2, 0.25) is 0 Å². The van der Waals surface area contributed by atoms with E-state index in [0.29, 0.717) is 0 Å². The van der Waals surface area contributed by atoms with Gasteiger partial charge in [0.2, 0.25) is 0 Å². The summed E-state index contributed by atoms with van der Waals surface area (Å²) in [4.78, 5) is 10.3. The van der Waals surface area contributed by atoms with Gasteiger partial charge in [0.1, 0.15) is 0 Å². The predicted molar refractivity (Wildman–Crippen MR) is 76.7 cm³/mol. The van der Waals surface area contributed by atoms with Crippen LogP contribution in [-0.2, 0) is 4.79 Å². The van der Waals surface area contributed by atoms with E-state index in [1.54, 1.807) is 0 Å². The van der Waals surface area contributed by atoms with Crippen molar-refractivity contribution in [1.29, 1.82) is 0 Å². The van der Waals surface area contributed by atoms with E-state index >= 15 is 0 Å². The zero-order valence-electron chi connectivity index (χ0n) is 10.3. The minimum absolute atomic E-state index is 0.281. The van der Waals surface area contributed by atoms with E-state index in [2.05, 4.69) is 16.1 Å². The first-order valence-corrected chi connectivity index (χ1v) is 8.88. The molecule has 0 aromatic rings. The second-order valence-electron chi connectivity index (χ2n) is 4.43. The van der Waals surface area contributed by atoms with Gasteiger partial charge in [-0.3, -0.25) is 4.79 Å². The van der Waals surface area contributed by atoms with Crippen LogP contribution in [0.5, 0.6) is 0 Å². The van der Waals surface area contributed by atoms with Crippen molar-refractivity contribution in [2.24, 2.45) is 0 Å². The van der Waals surface area contributed by atoms with Crippen LogP contribution >= 0.6 is 21.6 Å². The molecule has 1 unspecified atom stereocenters. The summed E-state index contributed by atoms with van der Waals surface area (Å²) in [5, 5.41) is 12.7. The van der Waals surface area contributed by atoms with Gasteiger partial charge in [-0.1, -0.05) is 34.4 Å². The van der Waals surface area contributed by atoms with Gasteiger partial charge >= 0.3 is 5.97 Å². The summed E-state index contributed by atoms with van der Waals surface area (Å²) in [6.07, 6.45) is 7.65. The molecule has 1 rings (SSSR count). The summed E-state index contributed by atoms with van der Waals surface area (Å²) in [6.45, 7) is 1.87. The highest BCUT2D eigenvalue weighted by Gasteiger charge is 2.15. The number of carbonyl (C=O) groups is 1. The highest BCUT2D eigenvalue weighted by atomic mass is 33.1. The molecule has 1 saturated heterocycles. The number of carboxylic acids is 1. The van der Waals surface area contributed by atoms with Gasteiger partial charge < -0.3 is 10.4 Å². The molecule has 0 bridgehead atoms. The molecule has 1 atom stereocenters. The molecule has 2 N–H and O–H groups in total. The average molecular weight is 277 g/mol. The van der Waals surface area contributed by atoms with Crippen LogP contribution in [0.1, 0.15) is 44.9 Å².